The van der Waals surface area contributed by atoms with Crippen LogP contribution in [-0.2, 0) is 4.79 Å². The SMILES string of the molecule is CC1(C)[C@@H]2CC[C@@](C)(C2)[C@H]1CC=O. The topological polar surface area (TPSA) is 17.1 Å². The molecule has 0 unspecified atom stereocenters. The lowest BCUT2D eigenvalue weighted by molar-refractivity contribution is -0.110. The Morgan fingerprint density at radius 3 is 2.54 bits per heavy atom. The van der Waals surface area contributed by atoms with Crippen molar-refractivity contribution in [2.24, 2.45) is 22.7 Å². The minimum absolute atomic E-state index is 0.411. The smallest absolute Gasteiger partial charge is 0.120 e. The number of carbonyl (C=O) groups is 1. The van der Waals surface area contributed by atoms with Gasteiger partial charge < -0.3 is 4.79 Å². The van der Waals surface area contributed by atoms with Crippen LogP contribution in [0.15, 0.2) is 0 Å². The Balaban J connectivity index is 2.28. The molecule has 3 atom stereocenters. The first-order valence-corrected chi connectivity index (χ1v) is 5.44. The predicted octanol–water partition coefficient (Wildman–Crippen LogP) is 3.04. The fourth-order valence-corrected chi connectivity index (χ4v) is 4.09. The largest absolute Gasteiger partial charge is 0.303 e. The van der Waals surface area contributed by atoms with Crippen LogP contribution in [0.4, 0.5) is 0 Å². The maximum Gasteiger partial charge on any atom is 0.120 e. The highest BCUT2D eigenvalue weighted by molar-refractivity contribution is 5.50. The van der Waals surface area contributed by atoms with Crippen molar-refractivity contribution in [3.8, 4) is 0 Å². The molecule has 2 aliphatic carbocycles. The molecule has 2 rings (SSSR count). The van der Waals surface area contributed by atoms with E-state index in [1.165, 1.54) is 19.3 Å². The molecule has 0 saturated heterocycles. The Morgan fingerprint density at radius 2 is 2.08 bits per heavy atom. The maximum absolute atomic E-state index is 10.7. The Kier molecular flexibility index (Phi) is 1.84. The zero-order valence-electron chi connectivity index (χ0n) is 8.97. The van der Waals surface area contributed by atoms with Crippen LogP contribution in [0.3, 0.4) is 0 Å². The molecule has 2 saturated carbocycles. The van der Waals surface area contributed by atoms with Gasteiger partial charge >= 0.3 is 0 Å². The second kappa shape index (κ2) is 2.59. The fourth-order valence-electron chi connectivity index (χ4n) is 4.09. The monoisotopic (exact) mass is 180 g/mol. The molecule has 0 N–H and O–H groups in total. The first kappa shape index (κ1) is 9.23. The van der Waals surface area contributed by atoms with E-state index < -0.39 is 0 Å². The summed E-state index contributed by atoms with van der Waals surface area (Å²) in [7, 11) is 0. The van der Waals surface area contributed by atoms with Crippen molar-refractivity contribution in [1.29, 1.82) is 0 Å². The molecule has 74 valence electrons. The number of fused-ring (bicyclic) bond motifs is 2. The molecule has 0 aromatic carbocycles. The molecule has 2 fully saturated rings. The van der Waals surface area contributed by atoms with Crippen LogP contribution in [0.2, 0.25) is 0 Å². The van der Waals surface area contributed by atoms with Crippen molar-refractivity contribution in [2.45, 2.75) is 46.5 Å². The van der Waals surface area contributed by atoms with Gasteiger partial charge in [0.05, 0.1) is 0 Å². The van der Waals surface area contributed by atoms with Gasteiger partial charge in [0.15, 0.2) is 0 Å². The molecule has 13 heavy (non-hydrogen) atoms. The lowest BCUT2D eigenvalue weighted by Crippen LogP contribution is -2.35. The molecule has 0 aromatic heterocycles. The van der Waals surface area contributed by atoms with Gasteiger partial charge in [-0.2, -0.15) is 0 Å². The summed E-state index contributed by atoms with van der Waals surface area (Å²) in [6, 6.07) is 0. The van der Waals surface area contributed by atoms with E-state index in [1.54, 1.807) is 0 Å². The molecular weight excluding hydrogens is 160 g/mol. The normalized spacial score (nSPS) is 46.7. The summed E-state index contributed by atoms with van der Waals surface area (Å²) in [5.74, 6) is 1.51. The summed E-state index contributed by atoms with van der Waals surface area (Å²) in [5, 5.41) is 0. The third kappa shape index (κ3) is 1.09. The highest BCUT2D eigenvalue weighted by Gasteiger charge is 2.58. The molecule has 2 aliphatic rings. The zero-order valence-corrected chi connectivity index (χ0v) is 8.97. The molecule has 0 heterocycles. The number of hydrogen-bond donors (Lipinski definition) is 0. The quantitative estimate of drug-likeness (QED) is 0.597. The van der Waals surface area contributed by atoms with Gasteiger partial charge in [-0.15, -0.1) is 0 Å². The Labute approximate surface area is 80.9 Å². The summed E-state index contributed by atoms with van der Waals surface area (Å²) in [6.07, 6.45) is 6.00. The molecule has 0 spiro atoms. The van der Waals surface area contributed by atoms with Crippen LogP contribution < -0.4 is 0 Å². The van der Waals surface area contributed by atoms with Crippen molar-refractivity contribution in [3.05, 3.63) is 0 Å². The summed E-state index contributed by atoms with van der Waals surface area (Å²) < 4.78 is 0. The van der Waals surface area contributed by atoms with Crippen LogP contribution in [0, 0.1) is 22.7 Å². The second-order valence-corrected chi connectivity index (χ2v) is 5.87. The van der Waals surface area contributed by atoms with Gasteiger partial charge in [-0.25, -0.2) is 0 Å². The summed E-state index contributed by atoms with van der Waals surface area (Å²) in [4.78, 5) is 10.7. The second-order valence-electron chi connectivity index (χ2n) is 5.87. The van der Waals surface area contributed by atoms with E-state index in [2.05, 4.69) is 20.8 Å². The Bertz CT molecular complexity index is 227. The number of hydrogen-bond acceptors (Lipinski definition) is 1. The minimum Gasteiger partial charge on any atom is -0.303 e. The van der Waals surface area contributed by atoms with Crippen LogP contribution >= 0.6 is 0 Å². The maximum atomic E-state index is 10.7. The predicted molar refractivity (Wildman–Crippen MR) is 53.4 cm³/mol. The Hall–Kier alpha value is -0.330. The zero-order chi connectivity index (χ0) is 9.69. The van der Waals surface area contributed by atoms with Gasteiger partial charge in [0, 0.05) is 6.42 Å². The average Bonchev–Trinajstić information content (AvgIpc) is 2.50. The van der Waals surface area contributed by atoms with Crippen LogP contribution in [0.25, 0.3) is 0 Å². The third-order valence-electron chi connectivity index (χ3n) is 4.90. The first-order chi connectivity index (χ1) is 6.00. The van der Waals surface area contributed by atoms with E-state index >= 15 is 0 Å². The van der Waals surface area contributed by atoms with Crippen LogP contribution in [0.1, 0.15) is 46.5 Å². The standard InChI is InChI=1S/C12H20O/c1-11(2)9-4-6-12(3,8-9)10(11)5-7-13/h7,9-10H,4-6,8H2,1-3H3/t9-,10+,12+/m1/s1. The third-order valence-corrected chi connectivity index (χ3v) is 4.90. The minimum atomic E-state index is 0.411. The van der Waals surface area contributed by atoms with Gasteiger partial charge in [-0.05, 0) is 41.9 Å². The highest BCUT2D eigenvalue weighted by atomic mass is 16.1. The average molecular weight is 180 g/mol. The molecule has 0 amide bonds. The van der Waals surface area contributed by atoms with E-state index in [9.17, 15) is 4.79 Å². The van der Waals surface area contributed by atoms with E-state index in [0.717, 1.165) is 18.6 Å². The fraction of sp³-hybridized carbons (Fsp3) is 0.917. The van der Waals surface area contributed by atoms with Gasteiger partial charge in [-0.1, -0.05) is 20.8 Å². The molecule has 0 aliphatic heterocycles. The van der Waals surface area contributed by atoms with Crippen LogP contribution in [0.5, 0.6) is 0 Å². The van der Waals surface area contributed by atoms with Gasteiger partial charge in [-0.3, -0.25) is 0 Å². The highest BCUT2D eigenvalue weighted by Crippen LogP contribution is 2.66. The van der Waals surface area contributed by atoms with Gasteiger partial charge in [0.2, 0.25) is 0 Å². The lowest BCUT2D eigenvalue weighted by atomic mass is 9.63. The summed E-state index contributed by atoms with van der Waals surface area (Å²) in [6.45, 7) is 7.10. The van der Waals surface area contributed by atoms with Crippen molar-refractivity contribution in [2.75, 3.05) is 0 Å². The Morgan fingerprint density at radius 1 is 1.38 bits per heavy atom. The molecule has 0 aromatic rings. The van der Waals surface area contributed by atoms with Gasteiger partial charge in [0.25, 0.3) is 0 Å². The molecule has 2 bridgehead atoms. The van der Waals surface area contributed by atoms with E-state index in [0.29, 0.717) is 16.7 Å². The van der Waals surface area contributed by atoms with E-state index in [-0.39, 0.29) is 0 Å². The van der Waals surface area contributed by atoms with E-state index in [1.807, 2.05) is 0 Å². The van der Waals surface area contributed by atoms with Crippen LogP contribution in [-0.4, -0.2) is 6.29 Å². The number of aldehydes is 1. The van der Waals surface area contributed by atoms with Crippen molar-refractivity contribution in [1.82, 2.24) is 0 Å². The van der Waals surface area contributed by atoms with E-state index in [4.69, 9.17) is 0 Å². The first-order valence-electron chi connectivity index (χ1n) is 5.44. The van der Waals surface area contributed by atoms with Crippen molar-refractivity contribution < 1.29 is 4.79 Å². The molecule has 1 nitrogen and oxygen atoms in total. The van der Waals surface area contributed by atoms with Crippen molar-refractivity contribution in [3.63, 3.8) is 0 Å². The molecule has 1 heteroatoms. The molecular formula is C12H20O. The summed E-state index contributed by atoms with van der Waals surface area (Å²) in [5.41, 5.74) is 0.892. The summed E-state index contributed by atoms with van der Waals surface area (Å²) >= 11 is 0. The number of carbonyl (C=O) groups excluding carboxylic acids is 1. The lowest BCUT2D eigenvalue weighted by Gasteiger charge is -2.42. The molecule has 0 radical (unpaired) electrons. The number of rotatable bonds is 2. The van der Waals surface area contributed by atoms with Gasteiger partial charge in [0.1, 0.15) is 6.29 Å². The van der Waals surface area contributed by atoms with Crippen molar-refractivity contribution >= 4 is 6.29 Å².